The number of imidazole rings is 1. The van der Waals surface area contributed by atoms with Gasteiger partial charge in [0.05, 0.1) is 10.3 Å². The maximum Gasteiger partial charge on any atom is 0.262 e. The van der Waals surface area contributed by atoms with Gasteiger partial charge in [-0.25, -0.2) is 14.4 Å². The van der Waals surface area contributed by atoms with Crippen molar-refractivity contribution in [3.63, 3.8) is 0 Å². The van der Waals surface area contributed by atoms with Crippen LogP contribution in [0.15, 0.2) is 41.5 Å². The number of rotatable bonds is 4. The molecule has 0 spiro atoms. The maximum absolute atomic E-state index is 13.5. The zero-order valence-electron chi connectivity index (χ0n) is 18.5. The second-order valence-corrected chi connectivity index (χ2v) is 9.39. The molecule has 170 valence electrons. The molecule has 0 aliphatic carbocycles. The zero-order chi connectivity index (χ0) is 23.1. The molecule has 33 heavy (non-hydrogen) atoms. The van der Waals surface area contributed by atoms with Crippen molar-refractivity contribution in [2.24, 2.45) is 7.05 Å². The third-order valence-corrected chi connectivity index (χ3v) is 7.40. The quantitative estimate of drug-likeness (QED) is 0.496. The van der Waals surface area contributed by atoms with Crippen LogP contribution < -0.4 is 10.9 Å². The van der Waals surface area contributed by atoms with E-state index in [4.69, 9.17) is 4.98 Å². The lowest BCUT2D eigenvalue weighted by molar-refractivity contribution is 0.0945. The summed E-state index contributed by atoms with van der Waals surface area (Å²) in [6.45, 7) is 2.47. The van der Waals surface area contributed by atoms with E-state index in [1.54, 1.807) is 36.0 Å². The Balaban J connectivity index is 1.55. The first-order valence-corrected chi connectivity index (χ1v) is 11.8. The highest BCUT2D eigenvalue weighted by Gasteiger charge is 2.26. The summed E-state index contributed by atoms with van der Waals surface area (Å²) in [7, 11) is 1.84. The Morgan fingerprint density at radius 1 is 1.21 bits per heavy atom. The highest BCUT2D eigenvalue weighted by atomic mass is 32.1. The molecule has 0 fully saturated rings. The number of thiophene rings is 1. The molecule has 4 heterocycles. The van der Waals surface area contributed by atoms with Crippen LogP contribution in [0.4, 0.5) is 4.39 Å². The molecule has 4 aromatic rings. The predicted octanol–water partition coefficient (Wildman–Crippen LogP) is 3.88. The lowest BCUT2D eigenvalue weighted by atomic mass is 10.1. The van der Waals surface area contributed by atoms with Crippen LogP contribution in [0.2, 0.25) is 0 Å². The van der Waals surface area contributed by atoms with Crippen LogP contribution in [0, 0.1) is 12.7 Å². The zero-order valence-corrected chi connectivity index (χ0v) is 19.3. The van der Waals surface area contributed by atoms with Gasteiger partial charge in [0.15, 0.2) is 0 Å². The summed E-state index contributed by atoms with van der Waals surface area (Å²) in [5.74, 6) is 0.761. The van der Waals surface area contributed by atoms with Gasteiger partial charge >= 0.3 is 0 Å². The molecule has 5 rings (SSSR count). The van der Waals surface area contributed by atoms with E-state index in [2.05, 4.69) is 10.3 Å². The van der Waals surface area contributed by atoms with Gasteiger partial charge in [-0.15, -0.1) is 11.3 Å². The number of nitrogens with one attached hydrogen (secondary N) is 1. The van der Waals surface area contributed by atoms with Crippen molar-refractivity contribution in [3.05, 3.63) is 80.5 Å². The second-order valence-electron chi connectivity index (χ2n) is 8.39. The molecule has 1 unspecified atom stereocenters. The largest absolute Gasteiger partial charge is 0.337 e. The van der Waals surface area contributed by atoms with Gasteiger partial charge in [-0.2, -0.15) is 0 Å². The Hall–Kier alpha value is -3.33. The van der Waals surface area contributed by atoms with Gasteiger partial charge < -0.3 is 9.88 Å². The first-order chi connectivity index (χ1) is 15.9. The average molecular weight is 466 g/mol. The topological polar surface area (TPSA) is 81.8 Å². The van der Waals surface area contributed by atoms with Crippen LogP contribution in [0.25, 0.3) is 10.2 Å². The molecule has 1 N–H and O–H groups in total. The van der Waals surface area contributed by atoms with Crippen LogP contribution in [0.3, 0.4) is 0 Å². The van der Waals surface area contributed by atoms with Crippen molar-refractivity contribution in [1.82, 2.24) is 24.4 Å². The summed E-state index contributed by atoms with van der Waals surface area (Å²) in [5, 5.41) is 3.56. The van der Waals surface area contributed by atoms with Crippen LogP contribution in [0.5, 0.6) is 0 Å². The predicted molar refractivity (Wildman–Crippen MR) is 125 cm³/mol. The molecule has 1 aliphatic heterocycles. The number of aryl methyl sites for hydroxylation is 3. The van der Waals surface area contributed by atoms with Crippen LogP contribution in [-0.2, 0) is 20.0 Å². The third-order valence-electron chi connectivity index (χ3n) is 6.21. The number of fused-ring (bicyclic) bond motifs is 2. The van der Waals surface area contributed by atoms with E-state index < -0.39 is 6.04 Å². The summed E-state index contributed by atoms with van der Waals surface area (Å²) >= 11 is 1.24. The van der Waals surface area contributed by atoms with E-state index in [9.17, 15) is 14.0 Å². The van der Waals surface area contributed by atoms with Crippen LogP contribution in [-0.4, -0.2) is 25.0 Å². The molecule has 7 nitrogen and oxygen atoms in total. The highest BCUT2D eigenvalue weighted by molar-refractivity contribution is 7.20. The first-order valence-electron chi connectivity index (χ1n) is 11.0. The maximum atomic E-state index is 13.5. The van der Waals surface area contributed by atoms with Crippen molar-refractivity contribution >= 4 is 27.5 Å². The minimum absolute atomic E-state index is 0.0658. The number of carbonyl (C=O) groups is 1. The number of aromatic nitrogens is 4. The van der Waals surface area contributed by atoms with E-state index in [0.29, 0.717) is 38.6 Å². The number of hydrogen-bond acceptors (Lipinski definition) is 5. The van der Waals surface area contributed by atoms with E-state index in [1.165, 1.54) is 23.5 Å². The molecular formula is C24H24FN5O2S. The molecule has 0 bridgehead atoms. The fraction of sp³-hybridized carbons (Fsp3) is 0.333. The minimum atomic E-state index is -0.575. The Kier molecular flexibility index (Phi) is 5.57. The molecular weight excluding hydrogens is 441 g/mol. The fourth-order valence-corrected chi connectivity index (χ4v) is 5.52. The standard InChI is InChI=1S/C24H24FN5O2S/c1-14-18-23(27-17-6-4-3-5-12-30(17)24(18)32)33-20(14)22(31)28-19(21-26-11-13-29(21)2)15-7-9-16(25)10-8-15/h7-11,13,19H,3-6,12H2,1-2H3,(H,28,31). The Labute approximate surface area is 193 Å². The lowest BCUT2D eigenvalue weighted by Gasteiger charge is -2.19. The SMILES string of the molecule is Cc1c(C(=O)NC(c2ccc(F)cc2)c2nccn2C)sc2nc3n(c(=O)c12)CCCCC3. The van der Waals surface area contributed by atoms with Gasteiger partial charge in [0.2, 0.25) is 0 Å². The van der Waals surface area contributed by atoms with Gasteiger partial charge in [0.25, 0.3) is 11.5 Å². The van der Waals surface area contributed by atoms with Crippen molar-refractivity contribution < 1.29 is 9.18 Å². The van der Waals surface area contributed by atoms with Crippen molar-refractivity contribution in [1.29, 1.82) is 0 Å². The minimum Gasteiger partial charge on any atom is -0.337 e. The first kappa shape index (κ1) is 21.5. The number of carbonyl (C=O) groups excluding carboxylic acids is 1. The summed E-state index contributed by atoms with van der Waals surface area (Å²) in [4.78, 5) is 36.9. The van der Waals surface area contributed by atoms with Gasteiger partial charge in [-0.1, -0.05) is 18.6 Å². The van der Waals surface area contributed by atoms with E-state index in [0.717, 1.165) is 31.5 Å². The summed E-state index contributed by atoms with van der Waals surface area (Å²) in [6.07, 6.45) is 7.27. The Bertz CT molecular complexity index is 1400. The van der Waals surface area contributed by atoms with E-state index in [-0.39, 0.29) is 17.3 Å². The third kappa shape index (κ3) is 3.86. The summed E-state index contributed by atoms with van der Waals surface area (Å²) in [5.41, 5.74) is 1.29. The molecule has 9 heteroatoms. The van der Waals surface area contributed by atoms with Gasteiger partial charge in [0, 0.05) is 32.4 Å². The van der Waals surface area contributed by atoms with Crippen LogP contribution in [0.1, 0.15) is 57.8 Å². The van der Waals surface area contributed by atoms with Gasteiger partial charge in [-0.3, -0.25) is 14.2 Å². The number of hydrogen-bond donors (Lipinski definition) is 1. The van der Waals surface area contributed by atoms with E-state index >= 15 is 0 Å². The lowest BCUT2D eigenvalue weighted by Crippen LogP contribution is -2.31. The molecule has 0 saturated carbocycles. The monoisotopic (exact) mass is 465 g/mol. The highest BCUT2D eigenvalue weighted by Crippen LogP contribution is 2.30. The molecule has 0 saturated heterocycles. The molecule has 1 amide bonds. The van der Waals surface area contributed by atoms with Gasteiger partial charge in [-0.05, 0) is 43.0 Å². The fourth-order valence-electron chi connectivity index (χ4n) is 4.43. The van der Waals surface area contributed by atoms with Crippen molar-refractivity contribution in [2.75, 3.05) is 0 Å². The Morgan fingerprint density at radius 3 is 2.73 bits per heavy atom. The van der Waals surface area contributed by atoms with Gasteiger partial charge in [0.1, 0.15) is 28.3 Å². The number of benzene rings is 1. The van der Waals surface area contributed by atoms with E-state index in [1.807, 2.05) is 11.6 Å². The molecule has 0 radical (unpaired) electrons. The summed E-state index contributed by atoms with van der Waals surface area (Å²) < 4.78 is 17.1. The molecule has 1 atom stereocenters. The summed E-state index contributed by atoms with van der Waals surface area (Å²) in [6, 6.07) is 5.42. The second kappa shape index (κ2) is 8.55. The molecule has 1 aliphatic rings. The Morgan fingerprint density at radius 2 is 2.00 bits per heavy atom. The van der Waals surface area contributed by atoms with Crippen molar-refractivity contribution in [2.45, 2.75) is 45.2 Å². The molecule has 3 aromatic heterocycles. The average Bonchev–Trinajstić information content (AvgIpc) is 3.27. The number of amides is 1. The van der Waals surface area contributed by atoms with Crippen LogP contribution >= 0.6 is 11.3 Å². The smallest absolute Gasteiger partial charge is 0.262 e. The molecule has 1 aromatic carbocycles. The number of nitrogens with zero attached hydrogens (tertiary/aromatic N) is 4. The van der Waals surface area contributed by atoms with Crippen molar-refractivity contribution in [3.8, 4) is 0 Å². The normalized spacial score (nSPS) is 14.6. The number of halogens is 1.